The molecular formula is C26H31N5O4. The first kappa shape index (κ1) is 24.4. The predicted molar refractivity (Wildman–Crippen MR) is 135 cm³/mol. The zero-order chi connectivity index (χ0) is 24.8. The number of rotatable bonds is 9. The van der Waals surface area contributed by atoms with E-state index in [-0.39, 0.29) is 25.1 Å². The summed E-state index contributed by atoms with van der Waals surface area (Å²) in [5.41, 5.74) is 2.75. The largest absolute Gasteiger partial charge is 0.497 e. The van der Waals surface area contributed by atoms with Crippen molar-refractivity contribution in [1.82, 2.24) is 19.8 Å². The van der Waals surface area contributed by atoms with Crippen molar-refractivity contribution in [2.45, 2.75) is 19.0 Å². The topological polar surface area (TPSA) is 111 Å². The van der Waals surface area contributed by atoms with E-state index in [1.165, 1.54) is 4.90 Å². The second kappa shape index (κ2) is 11.2. The number of hydrogen-bond donors (Lipinski definition) is 3. The molecule has 35 heavy (non-hydrogen) atoms. The number of amides is 1. The Balaban J connectivity index is 1.58. The maximum absolute atomic E-state index is 11.8. The van der Waals surface area contributed by atoms with Crippen molar-refractivity contribution in [2.75, 3.05) is 38.7 Å². The molecule has 2 aromatic carbocycles. The van der Waals surface area contributed by atoms with Gasteiger partial charge in [0.25, 0.3) is 0 Å². The standard InChI is InChI=1S/C26H31N5O4/c1-3-11-31(26(33)34)23-10-12-30(15-19(23)16-32)14-18-6-4-9-22-24(18)25(28-17-27-22)29-20-7-5-8-21(13-20)35-2/h3-9,13,17,19,23,32H,1,10-12,14-16H2,2H3,(H,33,34)(H,27,28,29)/t19-,23-/m1/s1. The van der Waals surface area contributed by atoms with Crippen LogP contribution < -0.4 is 10.1 Å². The van der Waals surface area contributed by atoms with Crippen LogP contribution in [0.3, 0.4) is 0 Å². The summed E-state index contributed by atoms with van der Waals surface area (Å²) < 4.78 is 5.33. The first-order chi connectivity index (χ1) is 17.0. The summed E-state index contributed by atoms with van der Waals surface area (Å²) in [6.45, 7) is 5.78. The van der Waals surface area contributed by atoms with Crippen LogP contribution in [0.1, 0.15) is 12.0 Å². The molecule has 0 radical (unpaired) electrons. The van der Waals surface area contributed by atoms with Gasteiger partial charge in [0.1, 0.15) is 17.9 Å². The van der Waals surface area contributed by atoms with E-state index in [9.17, 15) is 15.0 Å². The van der Waals surface area contributed by atoms with Gasteiger partial charge in [0.2, 0.25) is 0 Å². The predicted octanol–water partition coefficient (Wildman–Crippen LogP) is 3.73. The molecule has 4 rings (SSSR count). The van der Waals surface area contributed by atoms with Gasteiger partial charge in [-0.3, -0.25) is 4.90 Å². The molecule has 9 nitrogen and oxygen atoms in total. The van der Waals surface area contributed by atoms with Crippen molar-refractivity contribution in [3.05, 3.63) is 67.0 Å². The van der Waals surface area contributed by atoms with Gasteiger partial charge in [-0.15, -0.1) is 6.58 Å². The summed E-state index contributed by atoms with van der Waals surface area (Å²) in [6, 6.07) is 13.4. The van der Waals surface area contributed by atoms with Crippen molar-refractivity contribution >= 4 is 28.5 Å². The lowest BCUT2D eigenvalue weighted by atomic mass is 9.91. The molecule has 1 saturated heterocycles. The minimum absolute atomic E-state index is 0.0800. The SMILES string of the molecule is C=CCN(C(=O)O)[C@@H]1CCN(Cc2cccc3ncnc(Nc4cccc(OC)c4)c23)C[C@@H]1CO. The van der Waals surface area contributed by atoms with Crippen LogP contribution in [-0.2, 0) is 6.54 Å². The molecule has 0 aliphatic carbocycles. The van der Waals surface area contributed by atoms with Crippen LogP contribution in [0.2, 0.25) is 0 Å². The van der Waals surface area contributed by atoms with Crippen molar-refractivity contribution in [1.29, 1.82) is 0 Å². The lowest BCUT2D eigenvalue weighted by Gasteiger charge is -2.42. The third-order valence-electron chi connectivity index (χ3n) is 6.46. The summed E-state index contributed by atoms with van der Waals surface area (Å²) in [7, 11) is 1.63. The molecule has 0 bridgehead atoms. The number of anilines is 2. The third-order valence-corrected chi connectivity index (χ3v) is 6.46. The molecule has 184 valence electrons. The normalized spacial score (nSPS) is 18.2. The molecule has 3 aromatic rings. The fourth-order valence-corrected chi connectivity index (χ4v) is 4.81. The number of ether oxygens (including phenoxy) is 1. The van der Waals surface area contributed by atoms with Gasteiger partial charge in [0.05, 0.1) is 12.6 Å². The highest BCUT2D eigenvalue weighted by atomic mass is 16.5. The molecule has 0 spiro atoms. The summed E-state index contributed by atoms with van der Waals surface area (Å²) in [5.74, 6) is 1.27. The highest BCUT2D eigenvalue weighted by molar-refractivity contribution is 5.93. The molecule has 1 amide bonds. The van der Waals surface area contributed by atoms with Gasteiger partial charge in [0, 0.05) is 61.9 Å². The summed E-state index contributed by atoms with van der Waals surface area (Å²) >= 11 is 0. The molecule has 2 atom stereocenters. The van der Waals surface area contributed by atoms with Crippen LogP contribution in [0, 0.1) is 5.92 Å². The molecule has 9 heteroatoms. The maximum atomic E-state index is 11.8. The number of carboxylic acid groups (broad SMARTS) is 1. The molecule has 1 aliphatic rings. The molecule has 3 N–H and O–H groups in total. The van der Waals surface area contributed by atoms with E-state index in [1.807, 2.05) is 36.4 Å². The van der Waals surface area contributed by atoms with E-state index in [1.54, 1.807) is 19.5 Å². The number of aliphatic hydroxyl groups is 1. The summed E-state index contributed by atoms with van der Waals surface area (Å²) in [5, 5.41) is 24.0. The van der Waals surface area contributed by atoms with Gasteiger partial charge in [-0.2, -0.15) is 0 Å². The number of fused-ring (bicyclic) bond motifs is 1. The molecule has 0 unspecified atom stereocenters. The van der Waals surface area contributed by atoms with Crippen LogP contribution in [0.25, 0.3) is 10.9 Å². The number of nitrogens with one attached hydrogen (secondary N) is 1. The number of nitrogens with zero attached hydrogens (tertiary/aromatic N) is 4. The Labute approximate surface area is 204 Å². The first-order valence-corrected chi connectivity index (χ1v) is 11.6. The van der Waals surface area contributed by atoms with Crippen LogP contribution in [0.4, 0.5) is 16.3 Å². The zero-order valence-electron chi connectivity index (χ0n) is 19.8. The molecular weight excluding hydrogens is 446 g/mol. The fourth-order valence-electron chi connectivity index (χ4n) is 4.81. The Hall–Kier alpha value is -3.69. The van der Waals surface area contributed by atoms with Gasteiger partial charge < -0.3 is 25.2 Å². The van der Waals surface area contributed by atoms with E-state index < -0.39 is 6.09 Å². The molecule has 2 heterocycles. The molecule has 1 aliphatic heterocycles. The zero-order valence-corrected chi connectivity index (χ0v) is 19.8. The van der Waals surface area contributed by atoms with Gasteiger partial charge >= 0.3 is 6.09 Å². The summed E-state index contributed by atoms with van der Waals surface area (Å²) in [6.07, 6.45) is 2.78. The number of aliphatic hydroxyl groups excluding tert-OH is 1. The minimum Gasteiger partial charge on any atom is -0.497 e. The van der Waals surface area contributed by atoms with Gasteiger partial charge in [-0.1, -0.05) is 24.3 Å². The van der Waals surface area contributed by atoms with Crippen molar-refractivity contribution in [3.63, 3.8) is 0 Å². The Morgan fingerprint density at radius 1 is 1.31 bits per heavy atom. The fraction of sp³-hybridized carbons (Fsp3) is 0.346. The monoisotopic (exact) mass is 477 g/mol. The lowest BCUT2D eigenvalue weighted by Crippen LogP contribution is -2.53. The highest BCUT2D eigenvalue weighted by Crippen LogP contribution is 2.30. The van der Waals surface area contributed by atoms with Crippen molar-refractivity contribution < 1.29 is 19.7 Å². The van der Waals surface area contributed by atoms with Crippen molar-refractivity contribution in [3.8, 4) is 5.75 Å². The smallest absolute Gasteiger partial charge is 0.407 e. The van der Waals surface area contributed by atoms with E-state index in [4.69, 9.17) is 4.74 Å². The second-order valence-electron chi connectivity index (χ2n) is 8.65. The second-order valence-corrected chi connectivity index (χ2v) is 8.65. The van der Waals surface area contributed by atoms with Crippen LogP contribution in [0.5, 0.6) is 5.75 Å². The quantitative estimate of drug-likeness (QED) is 0.400. The van der Waals surface area contributed by atoms with Gasteiger partial charge in [-0.05, 0) is 30.2 Å². The van der Waals surface area contributed by atoms with E-state index in [2.05, 4.69) is 32.8 Å². The first-order valence-electron chi connectivity index (χ1n) is 11.6. The Kier molecular flexibility index (Phi) is 7.79. The number of benzene rings is 2. The third kappa shape index (κ3) is 5.52. The Morgan fingerprint density at radius 2 is 2.14 bits per heavy atom. The van der Waals surface area contributed by atoms with Gasteiger partial charge in [-0.25, -0.2) is 14.8 Å². The lowest BCUT2D eigenvalue weighted by molar-refractivity contribution is 0.0317. The molecule has 0 saturated carbocycles. The number of likely N-dealkylation sites (tertiary alicyclic amines) is 1. The summed E-state index contributed by atoms with van der Waals surface area (Å²) in [4.78, 5) is 24.4. The number of piperidine rings is 1. The van der Waals surface area contributed by atoms with E-state index >= 15 is 0 Å². The van der Waals surface area contributed by atoms with Crippen LogP contribution >= 0.6 is 0 Å². The highest BCUT2D eigenvalue weighted by Gasteiger charge is 2.35. The van der Waals surface area contributed by atoms with E-state index in [0.29, 0.717) is 31.9 Å². The molecule has 1 aromatic heterocycles. The maximum Gasteiger partial charge on any atom is 0.407 e. The number of methoxy groups -OCH3 is 1. The average molecular weight is 478 g/mol. The van der Waals surface area contributed by atoms with Gasteiger partial charge in [0.15, 0.2) is 0 Å². The number of aromatic nitrogens is 2. The van der Waals surface area contributed by atoms with Crippen LogP contribution in [-0.4, -0.2) is 75.5 Å². The Morgan fingerprint density at radius 3 is 2.89 bits per heavy atom. The van der Waals surface area contributed by atoms with E-state index in [0.717, 1.165) is 27.9 Å². The van der Waals surface area contributed by atoms with Crippen molar-refractivity contribution in [2.24, 2.45) is 5.92 Å². The minimum atomic E-state index is -0.985. The number of hydrogen-bond acceptors (Lipinski definition) is 7. The average Bonchev–Trinajstić information content (AvgIpc) is 2.87. The molecule has 1 fully saturated rings. The number of carbonyl (C=O) groups is 1. The Bertz CT molecular complexity index is 1180. The van der Waals surface area contributed by atoms with Crippen LogP contribution in [0.15, 0.2) is 61.4 Å².